The summed E-state index contributed by atoms with van der Waals surface area (Å²) in [5, 5.41) is 0. The lowest BCUT2D eigenvalue weighted by Gasteiger charge is -2.17. The summed E-state index contributed by atoms with van der Waals surface area (Å²) >= 11 is 0. The van der Waals surface area contributed by atoms with E-state index in [9.17, 15) is 4.79 Å². The minimum Gasteiger partial charge on any atom is -0.463 e. The van der Waals surface area contributed by atoms with E-state index in [0.717, 1.165) is 12.8 Å². The largest absolute Gasteiger partial charge is 0.463 e. The summed E-state index contributed by atoms with van der Waals surface area (Å²) in [6.07, 6.45) is 5.23. The molecule has 0 N–H and O–H groups in total. The minimum absolute atomic E-state index is 0.265. The molecule has 0 radical (unpaired) electrons. The van der Waals surface area contributed by atoms with Gasteiger partial charge in [-0.05, 0) is 30.9 Å². The molecule has 0 aliphatic heterocycles. The monoisotopic (exact) mass is 294 g/mol. The second-order valence-corrected chi connectivity index (χ2v) is 5.11. The van der Waals surface area contributed by atoms with Gasteiger partial charge in [0.1, 0.15) is 0 Å². The maximum atomic E-state index is 11.3. The average molecular weight is 294 g/mol. The summed E-state index contributed by atoms with van der Waals surface area (Å²) in [7, 11) is 0. The molecule has 2 aromatic rings. The van der Waals surface area contributed by atoms with Crippen LogP contribution in [0.3, 0.4) is 0 Å². The molecule has 0 amide bonds. The maximum absolute atomic E-state index is 11.3. The Morgan fingerprint density at radius 3 is 2.05 bits per heavy atom. The molecule has 22 heavy (non-hydrogen) atoms. The first kappa shape index (κ1) is 16.0. The highest BCUT2D eigenvalue weighted by molar-refractivity contribution is 5.81. The first-order chi connectivity index (χ1) is 10.8. The number of carbonyl (C=O) groups excluding carboxylic acids is 1. The summed E-state index contributed by atoms with van der Waals surface area (Å²) in [5.41, 5.74) is 2.61. The molecular formula is C20H22O2. The molecular weight excluding hydrogens is 272 g/mol. The van der Waals surface area contributed by atoms with Crippen molar-refractivity contribution < 1.29 is 9.53 Å². The Balaban J connectivity index is 2.05. The van der Waals surface area contributed by atoms with Crippen LogP contribution in [0.25, 0.3) is 0 Å². The highest BCUT2D eigenvalue weighted by atomic mass is 16.5. The van der Waals surface area contributed by atoms with Gasteiger partial charge < -0.3 is 4.74 Å². The number of esters is 1. The maximum Gasteiger partial charge on any atom is 0.330 e. The number of benzene rings is 2. The van der Waals surface area contributed by atoms with E-state index in [1.807, 2.05) is 25.1 Å². The molecule has 0 saturated carbocycles. The molecule has 0 fully saturated rings. The predicted molar refractivity (Wildman–Crippen MR) is 89.7 cm³/mol. The van der Waals surface area contributed by atoms with Gasteiger partial charge in [0.25, 0.3) is 0 Å². The van der Waals surface area contributed by atoms with Gasteiger partial charge in [-0.15, -0.1) is 0 Å². The van der Waals surface area contributed by atoms with Crippen LogP contribution in [0, 0.1) is 0 Å². The van der Waals surface area contributed by atoms with Gasteiger partial charge in [0, 0.05) is 12.0 Å². The van der Waals surface area contributed by atoms with E-state index in [-0.39, 0.29) is 5.97 Å². The fourth-order valence-corrected chi connectivity index (χ4v) is 2.53. The Hall–Kier alpha value is -2.35. The quantitative estimate of drug-likeness (QED) is 0.545. The van der Waals surface area contributed by atoms with Crippen molar-refractivity contribution in [1.82, 2.24) is 0 Å². The minimum atomic E-state index is -0.265. The molecule has 2 rings (SSSR count). The lowest BCUT2D eigenvalue weighted by atomic mass is 9.87. The number of allylic oxidation sites excluding steroid dienone is 1. The molecule has 2 aromatic carbocycles. The Labute approximate surface area is 132 Å². The number of carbonyl (C=O) groups is 1. The van der Waals surface area contributed by atoms with Crippen LogP contribution in [0.1, 0.15) is 36.8 Å². The van der Waals surface area contributed by atoms with Crippen LogP contribution >= 0.6 is 0 Å². The van der Waals surface area contributed by atoms with Gasteiger partial charge in [0.2, 0.25) is 0 Å². The standard InChI is InChI=1S/C20H22O2/c1-2-22-20(21)16-10-9-15-19(17-11-5-3-6-12-17)18-13-7-4-8-14-18/h3-8,10-14,16,19H,2,9,15H2,1H3/b16-10+. The SMILES string of the molecule is CCOC(=O)/C=C/CCC(c1ccccc1)c1ccccc1. The highest BCUT2D eigenvalue weighted by Gasteiger charge is 2.12. The van der Waals surface area contributed by atoms with Crippen molar-refractivity contribution in [2.75, 3.05) is 6.61 Å². The first-order valence-electron chi connectivity index (χ1n) is 7.74. The smallest absolute Gasteiger partial charge is 0.330 e. The summed E-state index contributed by atoms with van der Waals surface area (Å²) in [4.78, 5) is 11.3. The van der Waals surface area contributed by atoms with Gasteiger partial charge in [0.05, 0.1) is 6.61 Å². The summed E-state index contributed by atoms with van der Waals surface area (Å²) < 4.78 is 4.89. The molecule has 0 saturated heterocycles. The normalized spacial score (nSPS) is 11.0. The second-order valence-electron chi connectivity index (χ2n) is 5.11. The van der Waals surface area contributed by atoms with Gasteiger partial charge in [-0.3, -0.25) is 0 Å². The van der Waals surface area contributed by atoms with Crippen LogP contribution in [0.4, 0.5) is 0 Å². The van der Waals surface area contributed by atoms with E-state index in [2.05, 4.69) is 48.5 Å². The van der Waals surface area contributed by atoms with Crippen LogP contribution in [-0.4, -0.2) is 12.6 Å². The molecule has 0 spiro atoms. The Morgan fingerprint density at radius 2 is 1.55 bits per heavy atom. The van der Waals surface area contributed by atoms with Crippen molar-refractivity contribution in [3.8, 4) is 0 Å². The second kappa shape index (κ2) is 8.83. The van der Waals surface area contributed by atoms with Crippen LogP contribution in [-0.2, 0) is 9.53 Å². The fourth-order valence-electron chi connectivity index (χ4n) is 2.53. The third-order valence-electron chi connectivity index (χ3n) is 3.57. The zero-order chi connectivity index (χ0) is 15.6. The van der Waals surface area contributed by atoms with Gasteiger partial charge in [0.15, 0.2) is 0 Å². The third kappa shape index (κ3) is 4.88. The van der Waals surface area contributed by atoms with E-state index in [0.29, 0.717) is 12.5 Å². The first-order valence-corrected chi connectivity index (χ1v) is 7.74. The Kier molecular flexibility index (Phi) is 6.43. The lowest BCUT2D eigenvalue weighted by Crippen LogP contribution is -2.01. The number of hydrogen-bond acceptors (Lipinski definition) is 2. The molecule has 114 valence electrons. The molecule has 2 nitrogen and oxygen atoms in total. The van der Waals surface area contributed by atoms with Crippen molar-refractivity contribution in [3.05, 3.63) is 83.9 Å². The lowest BCUT2D eigenvalue weighted by molar-refractivity contribution is -0.137. The van der Waals surface area contributed by atoms with E-state index in [4.69, 9.17) is 4.74 Å². The number of ether oxygens (including phenoxy) is 1. The molecule has 0 aliphatic carbocycles. The molecule has 0 unspecified atom stereocenters. The van der Waals surface area contributed by atoms with Crippen LogP contribution in [0.15, 0.2) is 72.8 Å². The fraction of sp³-hybridized carbons (Fsp3) is 0.250. The highest BCUT2D eigenvalue weighted by Crippen LogP contribution is 2.29. The van der Waals surface area contributed by atoms with Crippen molar-refractivity contribution in [1.29, 1.82) is 0 Å². The Morgan fingerprint density at radius 1 is 1.00 bits per heavy atom. The van der Waals surface area contributed by atoms with E-state index in [1.54, 1.807) is 0 Å². The molecule has 0 heterocycles. The molecule has 0 atom stereocenters. The molecule has 0 aromatic heterocycles. The topological polar surface area (TPSA) is 26.3 Å². The average Bonchev–Trinajstić information content (AvgIpc) is 2.57. The van der Waals surface area contributed by atoms with Crippen molar-refractivity contribution in [2.24, 2.45) is 0 Å². The number of rotatable bonds is 7. The van der Waals surface area contributed by atoms with Crippen molar-refractivity contribution in [3.63, 3.8) is 0 Å². The van der Waals surface area contributed by atoms with Crippen LogP contribution < -0.4 is 0 Å². The summed E-state index contributed by atoms with van der Waals surface area (Å²) in [6, 6.07) is 21.0. The van der Waals surface area contributed by atoms with Crippen molar-refractivity contribution in [2.45, 2.75) is 25.7 Å². The van der Waals surface area contributed by atoms with Gasteiger partial charge in [-0.1, -0.05) is 66.7 Å². The summed E-state index contributed by atoms with van der Waals surface area (Å²) in [6.45, 7) is 2.23. The zero-order valence-electron chi connectivity index (χ0n) is 12.9. The molecule has 0 bridgehead atoms. The van der Waals surface area contributed by atoms with E-state index in [1.165, 1.54) is 17.2 Å². The van der Waals surface area contributed by atoms with Crippen molar-refractivity contribution >= 4 is 5.97 Å². The van der Waals surface area contributed by atoms with Crippen LogP contribution in [0.5, 0.6) is 0 Å². The number of hydrogen-bond donors (Lipinski definition) is 0. The van der Waals surface area contributed by atoms with E-state index >= 15 is 0 Å². The molecule has 2 heteroatoms. The van der Waals surface area contributed by atoms with Gasteiger partial charge in [-0.25, -0.2) is 4.79 Å². The predicted octanol–water partition coefficient (Wildman–Crippen LogP) is 4.72. The van der Waals surface area contributed by atoms with Crippen LogP contribution in [0.2, 0.25) is 0 Å². The summed E-state index contributed by atoms with van der Waals surface area (Å²) in [5.74, 6) is 0.0766. The zero-order valence-corrected chi connectivity index (χ0v) is 12.9. The third-order valence-corrected chi connectivity index (χ3v) is 3.57. The van der Waals surface area contributed by atoms with Gasteiger partial charge >= 0.3 is 5.97 Å². The molecule has 0 aliphatic rings. The Bertz CT molecular complexity index is 548. The van der Waals surface area contributed by atoms with E-state index < -0.39 is 0 Å². The van der Waals surface area contributed by atoms with Gasteiger partial charge in [-0.2, -0.15) is 0 Å².